The van der Waals surface area contributed by atoms with Gasteiger partial charge in [0.15, 0.2) is 5.82 Å². The number of nitrogens with one attached hydrogen (secondary N) is 1. The first-order valence-electron chi connectivity index (χ1n) is 9.88. The number of urea groups is 1. The van der Waals surface area contributed by atoms with Gasteiger partial charge in [0.2, 0.25) is 0 Å². The Hall–Kier alpha value is -3.42. The predicted octanol–water partition coefficient (Wildman–Crippen LogP) is 2.89. The maximum atomic E-state index is 12.6. The van der Waals surface area contributed by atoms with Crippen LogP contribution in [0.2, 0.25) is 0 Å². The van der Waals surface area contributed by atoms with Crippen molar-refractivity contribution in [3.63, 3.8) is 0 Å². The number of amides is 2. The molecule has 0 saturated carbocycles. The molecule has 0 atom stereocenters. The predicted molar refractivity (Wildman–Crippen MR) is 113 cm³/mol. The minimum Gasteiger partial charge on any atom is -0.353 e. The summed E-state index contributed by atoms with van der Waals surface area (Å²) in [7, 11) is 0. The van der Waals surface area contributed by atoms with E-state index in [0.717, 1.165) is 36.8 Å². The molecule has 8 nitrogen and oxygen atoms in total. The third-order valence-corrected chi connectivity index (χ3v) is 5.05. The van der Waals surface area contributed by atoms with Gasteiger partial charge in [-0.15, -0.1) is 0 Å². The molecule has 0 aliphatic carbocycles. The normalized spacial score (nSPS) is 14.1. The molecule has 2 aromatic heterocycles. The highest BCUT2D eigenvalue weighted by Gasteiger charge is 2.22. The average Bonchev–Trinajstić information content (AvgIpc) is 3.29. The number of carbonyl (C=O) groups is 1. The van der Waals surface area contributed by atoms with Gasteiger partial charge < -0.3 is 15.1 Å². The van der Waals surface area contributed by atoms with E-state index in [4.69, 9.17) is 0 Å². The maximum absolute atomic E-state index is 12.6. The minimum absolute atomic E-state index is 0.0648. The van der Waals surface area contributed by atoms with Crippen LogP contribution in [0.3, 0.4) is 0 Å². The van der Waals surface area contributed by atoms with E-state index < -0.39 is 0 Å². The number of carbonyl (C=O) groups excluding carboxylic acids is 1. The quantitative estimate of drug-likeness (QED) is 0.740. The number of aryl methyl sites for hydroxylation is 2. The second-order valence-corrected chi connectivity index (χ2v) is 7.04. The summed E-state index contributed by atoms with van der Waals surface area (Å²) < 4.78 is 1.73. The van der Waals surface area contributed by atoms with Gasteiger partial charge in [-0.3, -0.25) is 0 Å². The summed E-state index contributed by atoms with van der Waals surface area (Å²) in [4.78, 5) is 25.6. The van der Waals surface area contributed by atoms with Crippen LogP contribution in [0.15, 0.2) is 48.8 Å². The first-order chi connectivity index (χ1) is 14.1. The molecule has 150 valence electrons. The van der Waals surface area contributed by atoms with E-state index in [-0.39, 0.29) is 6.03 Å². The molecule has 0 unspecified atom stereocenters. The molecule has 4 rings (SSSR count). The molecule has 0 bridgehead atoms. The van der Waals surface area contributed by atoms with Crippen molar-refractivity contribution in [2.24, 2.45) is 0 Å². The summed E-state index contributed by atoms with van der Waals surface area (Å²) in [6.45, 7) is 6.71. The van der Waals surface area contributed by atoms with E-state index in [1.165, 1.54) is 5.56 Å². The van der Waals surface area contributed by atoms with Crippen LogP contribution in [-0.4, -0.2) is 56.9 Å². The molecule has 1 N–H and O–H groups in total. The summed E-state index contributed by atoms with van der Waals surface area (Å²) >= 11 is 0. The molecule has 2 amide bonds. The van der Waals surface area contributed by atoms with Crippen LogP contribution in [0.5, 0.6) is 0 Å². The summed E-state index contributed by atoms with van der Waals surface area (Å²) in [5.41, 5.74) is 2.08. The van der Waals surface area contributed by atoms with Crippen molar-refractivity contribution in [2.45, 2.75) is 20.3 Å². The van der Waals surface area contributed by atoms with Gasteiger partial charge in [-0.05, 0) is 37.1 Å². The van der Waals surface area contributed by atoms with E-state index in [0.29, 0.717) is 18.9 Å². The Kier molecular flexibility index (Phi) is 5.41. The molecule has 29 heavy (non-hydrogen) atoms. The van der Waals surface area contributed by atoms with Crippen LogP contribution in [0.1, 0.15) is 18.3 Å². The van der Waals surface area contributed by atoms with Crippen LogP contribution in [0.4, 0.5) is 16.3 Å². The number of rotatable bonds is 4. The Labute approximate surface area is 170 Å². The van der Waals surface area contributed by atoms with Gasteiger partial charge >= 0.3 is 6.03 Å². The van der Waals surface area contributed by atoms with Crippen molar-refractivity contribution >= 4 is 17.5 Å². The lowest BCUT2D eigenvalue weighted by Crippen LogP contribution is -2.50. The average molecular weight is 391 g/mol. The standard InChI is InChI=1S/C21H25N7O/c1-3-17-5-7-18(8-6-17)25-21(29)27-13-11-26(12-14-27)19-15-20(24-16(2)23-19)28-10-4-9-22-28/h4-10,15H,3,11-14H2,1-2H3,(H,25,29). The van der Waals surface area contributed by atoms with Gasteiger partial charge in [0.05, 0.1) is 0 Å². The number of anilines is 2. The molecule has 1 fully saturated rings. The largest absolute Gasteiger partial charge is 0.353 e. The minimum atomic E-state index is -0.0648. The fraction of sp³-hybridized carbons (Fsp3) is 0.333. The first kappa shape index (κ1) is 18.9. The number of nitrogens with zero attached hydrogens (tertiary/aromatic N) is 6. The van der Waals surface area contributed by atoms with Gasteiger partial charge in [-0.1, -0.05) is 19.1 Å². The molecule has 1 aromatic carbocycles. The van der Waals surface area contributed by atoms with E-state index in [9.17, 15) is 4.79 Å². The molecule has 0 spiro atoms. The van der Waals surface area contributed by atoms with Crippen LogP contribution in [-0.2, 0) is 6.42 Å². The highest BCUT2D eigenvalue weighted by atomic mass is 16.2. The molecule has 3 aromatic rings. The zero-order valence-corrected chi connectivity index (χ0v) is 16.7. The van der Waals surface area contributed by atoms with E-state index in [1.807, 2.05) is 54.4 Å². The number of piperazine rings is 1. The molecule has 3 heterocycles. The lowest BCUT2D eigenvalue weighted by Gasteiger charge is -2.35. The Bertz CT molecular complexity index is 961. The maximum Gasteiger partial charge on any atom is 0.321 e. The lowest BCUT2D eigenvalue weighted by molar-refractivity contribution is 0.208. The third kappa shape index (κ3) is 4.37. The van der Waals surface area contributed by atoms with Crippen LogP contribution in [0, 0.1) is 6.92 Å². The molecule has 0 radical (unpaired) electrons. The Morgan fingerprint density at radius 3 is 2.45 bits per heavy atom. The van der Waals surface area contributed by atoms with E-state index in [2.05, 4.69) is 32.2 Å². The van der Waals surface area contributed by atoms with Crippen molar-refractivity contribution in [1.82, 2.24) is 24.6 Å². The Balaban J connectivity index is 1.38. The van der Waals surface area contributed by atoms with Gasteiger partial charge in [0.25, 0.3) is 0 Å². The zero-order chi connectivity index (χ0) is 20.2. The topological polar surface area (TPSA) is 79.2 Å². The molecule has 8 heteroatoms. The summed E-state index contributed by atoms with van der Waals surface area (Å²) in [6, 6.07) is 11.7. The third-order valence-electron chi connectivity index (χ3n) is 5.05. The summed E-state index contributed by atoms with van der Waals surface area (Å²) in [5, 5.41) is 7.23. The number of hydrogen-bond donors (Lipinski definition) is 1. The van der Waals surface area contributed by atoms with Gasteiger partial charge in [0, 0.05) is 50.3 Å². The van der Waals surface area contributed by atoms with E-state index >= 15 is 0 Å². The molecular weight excluding hydrogens is 366 g/mol. The van der Waals surface area contributed by atoms with Crippen LogP contribution >= 0.6 is 0 Å². The lowest BCUT2D eigenvalue weighted by atomic mass is 10.1. The zero-order valence-electron chi connectivity index (χ0n) is 16.7. The Morgan fingerprint density at radius 1 is 1.07 bits per heavy atom. The van der Waals surface area contributed by atoms with Crippen molar-refractivity contribution < 1.29 is 4.79 Å². The highest BCUT2D eigenvalue weighted by Crippen LogP contribution is 2.18. The summed E-state index contributed by atoms with van der Waals surface area (Å²) in [5.74, 6) is 2.30. The molecule has 1 aliphatic rings. The summed E-state index contributed by atoms with van der Waals surface area (Å²) in [6.07, 6.45) is 4.58. The number of aromatic nitrogens is 4. The first-order valence-corrected chi connectivity index (χ1v) is 9.88. The SMILES string of the molecule is CCc1ccc(NC(=O)N2CCN(c3cc(-n4cccn4)nc(C)n3)CC2)cc1. The van der Waals surface area contributed by atoms with Gasteiger partial charge in [-0.2, -0.15) is 5.10 Å². The molecular formula is C21H25N7O. The molecule has 1 saturated heterocycles. The van der Waals surface area contributed by atoms with Crippen LogP contribution < -0.4 is 10.2 Å². The smallest absolute Gasteiger partial charge is 0.321 e. The van der Waals surface area contributed by atoms with Crippen molar-refractivity contribution in [3.8, 4) is 5.82 Å². The van der Waals surface area contributed by atoms with Gasteiger partial charge in [-0.25, -0.2) is 19.4 Å². The number of hydrogen-bond acceptors (Lipinski definition) is 5. The van der Waals surface area contributed by atoms with Crippen molar-refractivity contribution in [1.29, 1.82) is 0 Å². The van der Waals surface area contributed by atoms with Gasteiger partial charge in [0.1, 0.15) is 11.6 Å². The Morgan fingerprint density at radius 2 is 1.79 bits per heavy atom. The van der Waals surface area contributed by atoms with Crippen molar-refractivity contribution in [2.75, 3.05) is 36.4 Å². The number of benzene rings is 1. The monoisotopic (exact) mass is 391 g/mol. The van der Waals surface area contributed by atoms with Crippen LogP contribution in [0.25, 0.3) is 5.82 Å². The fourth-order valence-corrected chi connectivity index (χ4v) is 3.39. The second kappa shape index (κ2) is 8.30. The van der Waals surface area contributed by atoms with E-state index in [1.54, 1.807) is 10.9 Å². The highest BCUT2D eigenvalue weighted by molar-refractivity contribution is 5.89. The fourth-order valence-electron chi connectivity index (χ4n) is 3.39. The van der Waals surface area contributed by atoms with Crippen molar-refractivity contribution in [3.05, 3.63) is 60.2 Å². The molecule has 1 aliphatic heterocycles. The second-order valence-electron chi connectivity index (χ2n) is 7.04.